The van der Waals surface area contributed by atoms with Crippen molar-refractivity contribution < 1.29 is 19.1 Å². The van der Waals surface area contributed by atoms with E-state index in [4.69, 9.17) is 21.4 Å². The maximum atomic E-state index is 12.7. The van der Waals surface area contributed by atoms with Crippen molar-refractivity contribution >= 4 is 42.5 Å². The molecule has 0 radical (unpaired) electrons. The van der Waals surface area contributed by atoms with Gasteiger partial charge in [0.05, 0.1) is 25.2 Å². The third-order valence-electron chi connectivity index (χ3n) is 5.66. The number of nitrogens with zero attached hydrogens (tertiary/aromatic N) is 1. The van der Waals surface area contributed by atoms with Crippen molar-refractivity contribution in [3.63, 3.8) is 0 Å². The molecule has 1 heterocycles. The van der Waals surface area contributed by atoms with Crippen LogP contribution in [0.4, 0.5) is 0 Å². The Morgan fingerprint density at radius 1 is 1.41 bits per heavy atom. The molecule has 1 aliphatic rings. The van der Waals surface area contributed by atoms with Gasteiger partial charge in [-0.25, -0.2) is 0 Å². The molecule has 0 unspecified atom stereocenters. The van der Waals surface area contributed by atoms with Crippen molar-refractivity contribution in [3.8, 4) is 0 Å². The van der Waals surface area contributed by atoms with Crippen LogP contribution in [0.3, 0.4) is 0 Å². The van der Waals surface area contributed by atoms with Gasteiger partial charge in [0.2, 0.25) is 5.91 Å². The minimum absolute atomic E-state index is 0.0594. The van der Waals surface area contributed by atoms with Crippen molar-refractivity contribution in [2.45, 2.75) is 83.8 Å². The molecule has 0 saturated carbocycles. The summed E-state index contributed by atoms with van der Waals surface area (Å²) in [7, 11) is -0.255. The van der Waals surface area contributed by atoms with Gasteiger partial charge in [-0.2, -0.15) is 0 Å². The van der Waals surface area contributed by atoms with E-state index in [2.05, 4.69) is 47.7 Å². The molecule has 0 bridgehead atoms. The molecule has 1 N–H and O–H groups in total. The second kappa shape index (κ2) is 10.2. The summed E-state index contributed by atoms with van der Waals surface area (Å²) in [5.41, 5.74) is 0. The normalized spacial score (nSPS) is 21.0. The van der Waals surface area contributed by atoms with E-state index >= 15 is 0 Å². The number of hydrogen-bond donors (Lipinski definition) is 1. The zero-order valence-electron chi connectivity index (χ0n) is 18.1. The van der Waals surface area contributed by atoms with Crippen LogP contribution in [-0.2, 0) is 14.0 Å². The Hall–Kier alpha value is 0.00688. The van der Waals surface area contributed by atoms with Gasteiger partial charge in [-0.05, 0) is 24.1 Å². The number of ether oxygens (including phenoxy) is 1. The lowest BCUT2D eigenvalue weighted by molar-refractivity contribution is -0.131. The zero-order chi connectivity index (χ0) is 21.0. The molecule has 1 rings (SSSR count). The first-order chi connectivity index (χ1) is 12.3. The van der Waals surface area contributed by atoms with Crippen LogP contribution in [0.1, 0.15) is 47.5 Å². The van der Waals surface area contributed by atoms with Crippen molar-refractivity contribution in [3.05, 3.63) is 0 Å². The summed E-state index contributed by atoms with van der Waals surface area (Å²) in [6.07, 6.45) is -0.574. The third kappa shape index (κ3) is 7.08. The quantitative estimate of drug-likeness (QED) is 0.435. The van der Waals surface area contributed by atoms with Gasteiger partial charge in [-0.3, -0.25) is 9.69 Å². The van der Waals surface area contributed by atoms with Gasteiger partial charge < -0.3 is 14.3 Å². The molecular formula is C19H37NO4S2Si. The maximum absolute atomic E-state index is 12.7. The number of rotatable bonds is 9. The highest BCUT2D eigenvalue weighted by Crippen LogP contribution is 2.36. The zero-order valence-corrected chi connectivity index (χ0v) is 20.7. The first-order valence-electron chi connectivity index (χ1n) is 9.63. The van der Waals surface area contributed by atoms with Crippen molar-refractivity contribution in [2.75, 3.05) is 19.5 Å². The molecule has 0 aromatic carbocycles. The fourth-order valence-electron chi connectivity index (χ4n) is 2.65. The molecular weight excluding hydrogens is 398 g/mol. The summed E-state index contributed by atoms with van der Waals surface area (Å²) in [4.78, 5) is 14.4. The van der Waals surface area contributed by atoms with Crippen molar-refractivity contribution in [1.29, 1.82) is 0 Å². The average Bonchev–Trinajstić information content (AvgIpc) is 2.92. The molecule has 0 aromatic heterocycles. The van der Waals surface area contributed by atoms with E-state index in [9.17, 15) is 9.90 Å². The molecule has 1 amide bonds. The summed E-state index contributed by atoms with van der Waals surface area (Å²) < 4.78 is 12.3. The molecule has 8 heteroatoms. The monoisotopic (exact) mass is 435 g/mol. The summed E-state index contributed by atoms with van der Waals surface area (Å²) in [5, 5.41) is 10.6. The van der Waals surface area contributed by atoms with Crippen molar-refractivity contribution in [2.24, 2.45) is 5.92 Å². The van der Waals surface area contributed by atoms with Gasteiger partial charge in [0.25, 0.3) is 0 Å². The largest absolute Gasteiger partial charge is 0.414 e. The highest BCUT2D eigenvalue weighted by Gasteiger charge is 2.38. The smallest absolute Gasteiger partial charge is 0.230 e. The number of thioether (sulfide) groups is 1. The van der Waals surface area contributed by atoms with E-state index < -0.39 is 14.4 Å². The number of methoxy groups -OCH3 is 1. The summed E-state index contributed by atoms with van der Waals surface area (Å²) >= 11 is 6.88. The lowest BCUT2D eigenvalue weighted by Crippen LogP contribution is -2.44. The Balaban J connectivity index is 2.59. The highest BCUT2D eigenvalue weighted by molar-refractivity contribution is 8.23. The molecule has 0 aromatic rings. The number of aliphatic hydroxyl groups is 1. The summed E-state index contributed by atoms with van der Waals surface area (Å²) in [6, 6.07) is 0.113. The first-order valence-corrected chi connectivity index (χ1v) is 13.9. The van der Waals surface area contributed by atoms with E-state index in [1.807, 2.05) is 0 Å². The Kier molecular flexibility index (Phi) is 9.42. The molecule has 1 saturated heterocycles. The van der Waals surface area contributed by atoms with E-state index in [1.165, 1.54) is 0 Å². The first kappa shape index (κ1) is 25.0. The minimum atomic E-state index is -1.88. The third-order valence-corrected chi connectivity index (χ3v) is 11.7. The fraction of sp³-hybridized carbons (Fsp3) is 0.895. The fourth-order valence-corrected chi connectivity index (χ4v) is 5.35. The second-order valence-electron chi connectivity index (χ2n) is 9.17. The minimum Gasteiger partial charge on any atom is -0.414 e. The SMILES string of the molecule is CO[C@@H](CO[Si](C)(C)C(C)(C)C)C[C@H](O)CC(=O)N1C(=S)SC[C@@H]1C(C)C. The van der Waals surface area contributed by atoms with E-state index in [0.717, 1.165) is 5.75 Å². The van der Waals surface area contributed by atoms with Crippen LogP contribution < -0.4 is 0 Å². The van der Waals surface area contributed by atoms with Gasteiger partial charge in [-0.1, -0.05) is 58.6 Å². The molecule has 1 aliphatic heterocycles. The predicted octanol–water partition coefficient (Wildman–Crippen LogP) is 4.05. The lowest BCUT2D eigenvalue weighted by Gasteiger charge is -2.37. The topological polar surface area (TPSA) is 59.0 Å². The Labute approximate surface area is 175 Å². The number of carbonyl (C=O) groups is 1. The standard InChI is InChI=1S/C19H37NO4S2Si/c1-13(2)16-12-26-18(25)20(16)17(22)10-14(21)9-15(23-6)11-24-27(7,8)19(3,4)5/h13-16,21H,9-12H2,1-8H3/t14-,15+,16+/m0/s1. The van der Waals surface area contributed by atoms with E-state index in [0.29, 0.717) is 23.3 Å². The van der Waals surface area contributed by atoms with Crippen LogP contribution in [-0.4, -0.2) is 66.3 Å². The molecule has 27 heavy (non-hydrogen) atoms. The lowest BCUT2D eigenvalue weighted by atomic mass is 10.0. The summed E-state index contributed by atoms with van der Waals surface area (Å²) in [6.45, 7) is 15.6. The molecule has 3 atom stereocenters. The number of amides is 1. The Morgan fingerprint density at radius 3 is 2.48 bits per heavy atom. The van der Waals surface area contributed by atoms with Crippen LogP contribution in [0.5, 0.6) is 0 Å². The van der Waals surface area contributed by atoms with Crippen LogP contribution >= 0.6 is 24.0 Å². The van der Waals surface area contributed by atoms with Crippen LogP contribution in [0.2, 0.25) is 18.1 Å². The Bertz CT molecular complexity index is 522. The van der Waals surface area contributed by atoms with Gasteiger partial charge in [-0.15, -0.1) is 0 Å². The van der Waals surface area contributed by atoms with Gasteiger partial charge in [0.1, 0.15) is 4.32 Å². The number of aliphatic hydroxyl groups excluding tert-OH is 1. The number of hydrogen-bond acceptors (Lipinski definition) is 6. The number of carbonyl (C=O) groups excluding carboxylic acids is 1. The van der Waals surface area contributed by atoms with Crippen LogP contribution in [0.15, 0.2) is 0 Å². The molecule has 1 fully saturated rings. The molecule has 5 nitrogen and oxygen atoms in total. The highest BCUT2D eigenvalue weighted by atomic mass is 32.2. The molecule has 0 aliphatic carbocycles. The maximum Gasteiger partial charge on any atom is 0.230 e. The number of thiocarbonyl (C=S) groups is 1. The van der Waals surface area contributed by atoms with E-state index in [1.54, 1.807) is 23.8 Å². The molecule has 0 spiro atoms. The second-order valence-corrected chi connectivity index (χ2v) is 15.6. The van der Waals surface area contributed by atoms with Gasteiger partial charge in [0, 0.05) is 25.3 Å². The van der Waals surface area contributed by atoms with Gasteiger partial charge in [0.15, 0.2) is 8.32 Å². The average molecular weight is 436 g/mol. The molecule has 158 valence electrons. The van der Waals surface area contributed by atoms with E-state index in [-0.39, 0.29) is 29.5 Å². The van der Waals surface area contributed by atoms with Gasteiger partial charge >= 0.3 is 0 Å². The van der Waals surface area contributed by atoms with Crippen LogP contribution in [0, 0.1) is 5.92 Å². The van der Waals surface area contributed by atoms with Crippen LogP contribution in [0.25, 0.3) is 0 Å². The predicted molar refractivity (Wildman–Crippen MR) is 120 cm³/mol. The van der Waals surface area contributed by atoms with Crippen molar-refractivity contribution in [1.82, 2.24) is 4.90 Å². The Morgan fingerprint density at radius 2 is 2.00 bits per heavy atom. The summed E-state index contributed by atoms with van der Waals surface area (Å²) in [5.74, 6) is 1.07.